The Balaban J connectivity index is 1.73. The van der Waals surface area contributed by atoms with E-state index in [1.165, 1.54) is 55.9 Å². The lowest BCUT2D eigenvalue weighted by Gasteiger charge is -2.48. The van der Waals surface area contributed by atoms with Crippen molar-refractivity contribution in [3.8, 4) is 0 Å². The van der Waals surface area contributed by atoms with Gasteiger partial charge in [0.2, 0.25) is 0 Å². The molecular formula is C17H29N3S. The second-order valence-electron chi connectivity index (χ2n) is 7.38. The quantitative estimate of drug-likeness (QED) is 0.921. The maximum Gasteiger partial charge on any atom is 0.0897 e. The predicted molar refractivity (Wildman–Crippen MR) is 89.7 cm³/mol. The lowest BCUT2D eigenvalue weighted by molar-refractivity contribution is 0.0306. The first-order valence-electron chi connectivity index (χ1n) is 8.47. The molecule has 1 aliphatic carbocycles. The molecule has 1 aromatic heterocycles. The first kappa shape index (κ1) is 15.4. The van der Waals surface area contributed by atoms with E-state index >= 15 is 0 Å². The van der Waals surface area contributed by atoms with Crippen molar-refractivity contribution < 1.29 is 0 Å². The Morgan fingerprint density at radius 3 is 2.81 bits per heavy atom. The Labute approximate surface area is 133 Å². The second-order valence-corrected chi connectivity index (χ2v) is 8.44. The van der Waals surface area contributed by atoms with Crippen molar-refractivity contribution >= 4 is 11.3 Å². The van der Waals surface area contributed by atoms with Crippen LogP contribution in [0.3, 0.4) is 0 Å². The smallest absolute Gasteiger partial charge is 0.0897 e. The number of piperazine rings is 1. The molecule has 0 amide bonds. The SMILES string of the molecule is Cc1nc(CN2CC(CC(C)C)NCC23CCCC3)cs1. The highest BCUT2D eigenvalue weighted by Crippen LogP contribution is 2.38. The van der Waals surface area contributed by atoms with Crippen molar-refractivity contribution in [1.82, 2.24) is 15.2 Å². The van der Waals surface area contributed by atoms with Gasteiger partial charge in [0.15, 0.2) is 0 Å². The zero-order chi connectivity index (χ0) is 14.9. The number of thiazole rings is 1. The topological polar surface area (TPSA) is 28.2 Å². The molecule has 1 unspecified atom stereocenters. The average molecular weight is 308 g/mol. The van der Waals surface area contributed by atoms with Crippen LogP contribution in [-0.4, -0.2) is 34.6 Å². The fourth-order valence-electron chi connectivity index (χ4n) is 4.13. The molecule has 4 heteroatoms. The van der Waals surface area contributed by atoms with Crippen molar-refractivity contribution in [2.75, 3.05) is 13.1 Å². The van der Waals surface area contributed by atoms with Crippen LogP contribution in [0.15, 0.2) is 5.38 Å². The van der Waals surface area contributed by atoms with Crippen LogP contribution in [-0.2, 0) is 6.54 Å². The Morgan fingerprint density at radius 1 is 1.43 bits per heavy atom. The van der Waals surface area contributed by atoms with Gasteiger partial charge in [-0.05, 0) is 32.1 Å². The predicted octanol–water partition coefficient (Wildman–Crippen LogP) is 3.58. The third-order valence-electron chi connectivity index (χ3n) is 5.14. The summed E-state index contributed by atoms with van der Waals surface area (Å²) in [6.07, 6.45) is 6.78. The lowest BCUT2D eigenvalue weighted by atomic mass is 9.89. The molecule has 21 heavy (non-hydrogen) atoms. The molecule has 1 aromatic rings. The lowest BCUT2D eigenvalue weighted by Crippen LogP contribution is -2.63. The number of hydrogen-bond acceptors (Lipinski definition) is 4. The summed E-state index contributed by atoms with van der Waals surface area (Å²) in [6, 6.07) is 0.649. The molecule has 0 bridgehead atoms. The molecular weight excluding hydrogens is 278 g/mol. The Kier molecular flexibility index (Phi) is 4.67. The summed E-state index contributed by atoms with van der Waals surface area (Å²) in [5.74, 6) is 0.767. The third kappa shape index (κ3) is 3.49. The van der Waals surface area contributed by atoms with Crippen LogP contribution in [0, 0.1) is 12.8 Å². The molecule has 1 N–H and O–H groups in total. The summed E-state index contributed by atoms with van der Waals surface area (Å²) in [6.45, 7) is 10.2. The number of nitrogens with zero attached hydrogens (tertiary/aromatic N) is 2. The highest BCUT2D eigenvalue weighted by atomic mass is 32.1. The second kappa shape index (κ2) is 6.35. The van der Waals surface area contributed by atoms with Crippen molar-refractivity contribution in [3.05, 3.63) is 16.1 Å². The van der Waals surface area contributed by atoms with Crippen LogP contribution in [0.1, 0.15) is 56.7 Å². The average Bonchev–Trinajstić information content (AvgIpc) is 3.04. The van der Waals surface area contributed by atoms with Gasteiger partial charge in [-0.3, -0.25) is 4.90 Å². The zero-order valence-electron chi connectivity index (χ0n) is 13.7. The molecule has 2 fully saturated rings. The summed E-state index contributed by atoms with van der Waals surface area (Å²) in [5, 5.41) is 7.29. The molecule has 3 rings (SSSR count). The van der Waals surface area contributed by atoms with Crippen LogP contribution in [0.25, 0.3) is 0 Å². The summed E-state index contributed by atoms with van der Waals surface area (Å²) >= 11 is 1.78. The van der Waals surface area contributed by atoms with E-state index in [0.717, 1.165) is 12.5 Å². The van der Waals surface area contributed by atoms with Crippen LogP contribution in [0.2, 0.25) is 0 Å². The van der Waals surface area contributed by atoms with Gasteiger partial charge in [0.05, 0.1) is 10.7 Å². The van der Waals surface area contributed by atoms with E-state index in [-0.39, 0.29) is 0 Å². The minimum absolute atomic E-state index is 0.408. The summed E-state index contributed by atoms with van der Waals surface area (Å²) in [5.41, 5.74) is 1.68. The van der Waals surface area contributed by atoms with Crippen LogP contribution >= 0.6 is 11.3 Å². The molecule has 3 nitrogen and oxygen atoms in total. The van der Waals surface area contributed by atoms with Gasteiger partial charge < -0.3 is 5.32 Å². The molecule has 2 heterocycles. The number of nitrogens with one attached hydrogen (secondary N) is 1. The molecule has 1 saturated heterocycles. The van der Waals surface area contributed by atoms with E-state index in [0.29, 0.717) is 11.6 Å². The van der Waals surface area contributed by atoms with Gasteiger partial charge >= 0.3 is 0 Å². The van der Waals surface area contributed by atoms with Crippen molar-refractivity contribution in [1.29, 1.82) is 0 Å². The van der Waals surface area contributed by atoms with E-state index in [4.69, 9.17) is 4.98 Å². The van der Waals surface area contributed by atoms with Gasteiger partial charge in [-0.1, -0.05) is 26.7 Å². The maximum absolute atomic E-state index is 4.70. The minimum Gasteiger partial charge on any atom is -0.311 e. The van der Waals surface area contributed by atoms with Crippen LogP contribution in [0.4, 0.5) is 0 Å². The van der Waals surface area contributed by atoms with Gasteiger partial charge in [0.1, 0.15) is 0 Å². The number of aryl methyl sites for hydroxylation is 1. The minimum atomic E-state index is 0.408. The number of aromatic nitrogens is 1. The maximum atomic E-state index is 4.70. The van der Waals surface area contributed by atoms with Crippen molar-refractivity contribution in [2.45, 2.75) is 71.0 Å². The van der Waals surface area contributed by atoms with Crippen molar-refractivity contribution in [3.63, 3.8) is 0 Å². The number of hydrogen-bond donors (Lipinski definition) is 1. The Morgan fingerprint density at radius 2 is 2.19 bits per heavy atom. The van der Waals surface area contributed by atoms with E-state index < -0.39 is 0 Å². The molecule has 1 atom stereocenters. The van der Waals surface area contributed by atoms with E-state index in [9.17, 15) is 0 Å². The van der Waals surface area contributed by atoms with E-state index in [1.807, 2.05) is 0 Å². The van der Waals surface area contributed by atoms with Gasteiger partial charge in [-0.2, -0.15) is 0 Å². The van der Waals surface area contributed by atoms with Gasteiger partial charge in [0.25, 0.3) is 0 Å². The highest BCUT2D eigenvalue weighted by Gasteiger charge is 2.43. The van der Waals surface area contributed by atoms with Gasteiger partial charge in [-0.25, -0.2) is 4.98 Å². The fourth-order valence-corrected chi connectivity index (χ4v) is 4.74. The van der Waals surface area contributed by atoms with Crippen LogP contribution in [0.5, 0.6) is 0 Å². The molecule has 0 aromatic carbocycles. The van der Waals surface area contributed by atoms with E-state index in [2.05, 4.69) is 36.4 Å². The van der Waals surface area contributed by atoms with Gasteiger partial charge in [-0.15, -0.1) is 11.3 Å². The molecule has 0 radical (unpaired) electrons. The molecule has 1 spiro atoms. The van der Waals surface area contributed by atoms with Crippen molar-refractivity contribution in [2.24, 2.45) is 5.92 Å². The summed E-state index contributed by atoms with van der Waals surface area (Å²) in [7, 11) is 0. The highest BCUT2D eigenvalue weighted by molar-refractivity contribution is 7.09. The first-order chi connectivity index (χ1) is 10.1. The fraction of sp³-hybridized carbons (Fsp3) is 0.824. The first-order valence-corrected chi connectivity index (χ1v) is 9.35. The molecule has 1 saturated carbocycles. The van der Waals surface area contributed by atoms with Crippen LogP contribution < -0.4 is 5.32 Å². The molecule has 1 aliphatic heterocycles. The Hall–Kier alpha value is -0.450. The Bertz CT molecular complexity index is 462. The summed E-state index contributed by atoms with van der Waals surface area (Å²) in [4.78, 5) is 7.46. The monoisotopic (exact) mass is 307 g/mol. The van der Waals surface area contributed by atoms with E-state index in [1.54, 1.807) is 11.3 Å². The molecule has 118 valence electrons. The summed E-state index contributed by atoms with van der Waals surface area (Å²) < 4.78 is 0. The normalized spacial score (nSPS) is 26.0. The third-order valence-corrected chi connectivity index (χ3v) is 5.96. The van der Waals surface area contributed by atoms with Gasteiger partial charge in [0, 0.05) is 36.6 Å². The standard InChI is InChI=1S/C17H29N3S/c1-13(2)8-15-9-20(10-16-11-21-14(3)19-16)17(12-18-15)6-4-5-7-17/h11,13,15,18H,4-10,12H2,1-3H3. The zero-order valence-corrected chi connectivity index (χ0v) is 14.5. The largest absolute Gasteiger partial charge is 0.311 e. The number of rotatable bonds is 4. The molecule has 2 aliphatic rings.